The summed E-state index contributed by atoms with van der Waals surface area (Å²) in [6.45, 7) is 7.93. The number of carbonyl (C=O) groups excluding carboxylic acids is 1. The molecule has 0 radical (unpaired) electrons. The van der Waals surface area contributed by atoms with Crippen LogP contribution in [0.4, 0.5) is 10.5 Å². The quantitative estimate of drug-likeness (QED) is 0.539. The van der Waals surface area contributed by atoms with Crippen molar-refractivity contribution in [3.63, 3.8) is 0 Å². The SMILES string of the molecule is CCN1CCc2c(c(CN(CC)C(=O)Nc3cccc(OC)c3)nn2-c2ccccc2OC)C1. The van der Waals surface area contributed by atoms with Gasteiger partial charge in [-0.3, -0.25) is 4.90 Å². The largest absolute Gasteiger partial charge is 0.497 e. The summed E-state index contributed by atoms with van der Waals surface area (Å²) in [4.78, 5) is 17.3. The number of urea groups is 1. The topological polar surface area (TPSA) is 71.9 Å². The smallest absolute Gasteiger partial charge is 0.322 e. The molecule has 4 rings (SSSR count). The van der Waals surface area contributed by atoms with Gasteiger partial charge in [-0.25, -0.2) is 9.48 Å². The number of amides is 2. The number of anilines is 1. The summed E-state index contributed by atoms with van der Waals surface area (Å²) < 4.78 is 12.9. The van der Waals surface area contributed by atoms with Crippen LogP contribution in [0, 0.1) is 0 Å². The van der Waals surface area contributed by atoms with E-state index in [4.69, 9.17) is 14.6 Å². The maximum absolute atomic E-state index is 13.1. The average molecular weight is 464 g/mol. The molecule has 8 heteroatoms. The minimum Gasteiger partial charge on any atom is -0.497 e. The number of likely N-dealkylation sites (N-methyl/N-ethyl adjacent to an activating group) is 1. The number of ether oxygens (including phenoxy) is 2. The molecule has 2 amide bonds. The van der Waals surface area contributed by atoms with Crippen molar-refractivity contribution in [2.24, 2.45) is 0 Å². The van der Waals surface area contributed by atoms with Crippen molar-refractivity contribution in [3.05, 3.63) is 65.5 Å². The van der Waals surface area contributed by atoms with Crippen LogP contribution in [-0.4, -0.2) is 59.5 Å². The molecule has 3 aromatic rings. The highest BCUT2D eigenvalue weighted by Crippen LogP contribution is 2.30. The Morgan fingerprint density at radius 3 is 2.68 bits per heavy atom. The monoisotopic (exact) mass is 463 g/mol. The van der Waals surface area contributed by atoms with E-state index < -0.39 is 0 Å². The molecule has 2 aromatic carbocycles. The third-order valence-electron chi connectivity index (χ3n) is 6.31. The van der Waals surface area contributed by atoms with E-state index in [1.807, 2.05) is 60.1 Å². The number of benzene rings is 2. The fourth-order valence-corrected chi connectivity index (χ4v) is 4.35. The van der Waals surface area contributed by atoms with Gasteiger partial charge in [0.1, 0.15) is 17.2 Å². The number of nitrogens with zero attached hydrogens (tertiary/aromatic N) is 4. The van der Waals surface area contributed by atoms with E-state index in [1.165, 1.54) is 11.3 Å². The molecule has 8 nitrogen and oxygen atoms in total. The molecule has 0 bridgehead atoms. The van der Waals surface area contributed by atoms with Gasteiger partial charge in [-0.1, -0.05) is 25.1 Å². The molecule has 0 aliphatic carbocycles. The van der Waals surface area contributed by atoms with E-state index in [2.05, 4.69) is 17.1 Å². The van der Waals surface area contributed by atoms with Crippen LogP contribution in [0.5, 0.6) is 11.5 Å². The standard InChI is InChI=1S/C26H33N5O3/c1-5-29-15-14-23-21(17-29)22(28-31(23)24-12-7-8-13-25(24)34-4)18-30(6-2)26(32)27-19-10-9-11-20(16-19)33-3/h7-13,16H,5-6,14-15,17-18H2,1-4H3,(H,27,32). The molecule has 0 atom stereocenters. The number of nitrogens with one attached hydrogen (secondary N) is 1. The van der Waals surface area contributed by atoms with Crippen LogP contribution in [0.25, 0.3) is 5.69 Å². The lowest BCUT2D eigenvalue weighted by Crippen LogP contribution is -2.35. The van der Waals surface area contributed by atoms with Gasteiger partial charge in [0, 0.05) is 43.4 Å². The fraction of sp³-hybridized carbons (Fsp3) is 0.385. The molecule has 1 aliphatic rings. The fourth-order valence-electron chi connectivity index (χ4n) is 4.35. The Balaban J connectivity index is 1.64. The van der Waals surface area contributed by atoms with Crippen LogP contribution in [0.1, 0.15) is 30.8 Å². The first-order chi connectivity index (χ1) is 16.6. The summed E-state index contributed by atoms with van der Waals surface area (Å²) in [6.07, 6.45) is 0.899. The lowest BCUT2D eigenvalue weighted by Gasteiger charge is -2.27. The maximum Gasteiger partial charge on any atom is 0.322 e. The molecule has 1 N–H and O–H groups in total. The Kier molecular flexibility index (Phi) is 7.37. The Morgan fingerprint density at radius 2 is 1.94 bits per heavy atom. The van der Waals surface area contributed by atoms with Gasteiger partial charge in [-0.05, 0) is 37.7 Å². The van der Waals surface area contributed by atoms with Crippen molar-refractivity contribution in [2.45, 2.75) is 33.4 Å². The third-order valence-corrected chi connectivity index (χ3v) is 6.31. The number of fused-ring (bicyclic) bond motifs is 1. The highest BCUT2D eigenvalue weighted by Gasteiger charge is 2.27. The van der Waals surface area contributed by atoms with Gasteiger partial charge in [-0.2, -0.15) is 5.10 Å². The molecule has 0 saturated heterocycles. The Labute approximate surface area is 201 Å². The van der Waals surface area contributed by atoms with E-state index in [1.54, 1.807) is 19.1 Å². The normalized spacial score (nSPS) is 13.3. The molecule has 1 aliphatic heterocycles. The second-order valence-corrected chi connectivity index (χ2v) is 8.25. The number of aromatic nitrogens is 2. The van der Waals surface area contributed by atoms with Crippen molar-refractivity contribution < 1.29 is 14.3 Å². The predicted octanol–water partition coefficient (Wildman–Crippen LogP) is 4.32. The highest BCUT2D eigenvalue weighted by molar-refractivity contribution is 5.89. The van der Waals surface area contributed by atoms with E-state index in [-0.39, 0.29) is 6.03 Å². The van der Waals surface area contributed by atoms with Gasteiger partial charge in [0.05, 0.1) is 32.2 Å². The van der Waals surface area contributed by atoms with Crippen molar-refractivity contribution in [1.82, 2.24) is 19.6 Å². The maximum atomic E-state index is 13.1. The zero-order valence-corrected chi connectivity index (χ0v) is 20.4. The van der Waals surface area contributed by atoms with Gasteiger partial charge in [0.2, 0.25) is 0 Å². The minimum atomic E-state index is -0.167. The Morgan fingerprint density at radius 1 is 1.12 bits per heavy atom. The van der Waals surface area contributed by atoms with Crippen molar-refractivity contribution in [2.75, 3.05) is 39.2 Å². The van der Waals surface area contributed by atoms with Crippen LogP contribution in [-0.2, 0) is 19.5 Å². The molecule has 2 heterocycles. The van der Waals surface area contributed by atoms with Gasteiger partial charge >= 0.3 is 6.03 Å². The molecule has 180 valence electrons. The summed E-state index contributed by atoms with van der Waals surface area (Å²) in [7, 11) is 3.29. The van der Waals surface area contributed by atoms with E-state index >= 15 is 0 Å². The summed E-state index contributed by atoms with van der Waals surface area (Å²) >= 11 is 0. The summed E-state index contributed by atoms with van der Waals surface area (Å²) in [5.41, 5.74) is 4.92. The van der Waals surface area contributed by atoms with Gasteiger partial charge < -0.3 is 19.7 Å². The van der Waals surface area contributed by atoms with Crippen LogP contribution >= 0.6 is 0 Å². The predicted molar refractivity (Wildman–Crippen MR) is 133 cm³/mol. The molecule has 34 heavy (non-hydrogen) atoms. The zero-order chi connectivity index (χ0) is 24.1. The van der Waals surface area contributed by atoms with Crippen molar-refractivity contribution >= 4 is 11.7 Å². The minimum absolute atomic E-state index is 0.167. The molecule has 0 spiro atoms. The summed E-state index contributed by atoms with van der Waals surface area (Å²) in [5.74, 6) is 1.48. The molecular weight excluding hydrogens is 430 g/mol. The van der Waals surface area contributed by atoms with Crippen LogP contribution in [0.15, 0.2) is 48.5 Å². The average Bonchev–Trinajstić information content (AvgIpc) is 3.24. The van der Waals surface area contributed by atoms with Crippen molar-refractivity contribution in [3.8, 4) is 17.2 Å². The first kappa shape index (κ1) is 23.6. The van der Waals surface area contributed by atoms with E-state index in [0.717, 1.165) is 43.2 Å². The van der Waals surface area contributed by atoms with E-state index in [9.17, 15) is 4.79 Å². The van der Waals surface area contributed by atoms with Crippen molar-refractivity contribution in [1.29, 1.82) is 0 Å². The number of hydrogen-bond donors (Lipinski definition) is 1. The zero-order valence-electron chi connectivity index (χ0n) is 20.4. The van der Waals surface area contributed by atoms with Gasteiger partial charge in [0.25, 0.3) is 0 Å². The molecule has 1 aromatic heterocycles. The Hall–Kier alpha value is -3.52. The second-order valence-electron chi connectivity index (χ2n) is 8.25. The summed E-state index contributed by atoms with van der Waals surface area (Å²) in [6, 6.07) is 15.1. The van der Waals surface area contributed by atoms with Gasteiger partial charge in [-0.15, -0.1) is 0 Å². The van der Waals surface area contributed by atoms with E-state index in [0.29, 0.717) is 24.5 Å². The number of para-hydroxylation sites is 2. The first-order valence-corrected chi connectivity index (χ1v) is 11.7. The number of carbonyl (C=O) groups is 1. The lowest BCUT2D eigenvalue weighted by atomic mass is 10.0. The van der Waals surface area contributed by atoms with Crippen LogP contribution in [0.3, 0.4) is 0 Å². The highest BCUT2D eigenvalue weighted by atomic mass is 16.5. The number of rotatable bonds is 8. The molecule has 0 unspecified atom stereocenters. The van der Waals surface area contributed by atoms with Crippen LogP contribution in [0.2, 0.25) is 0 Å². The number of methoxy groups -OCH3 is 2. The molecule has 0 saturated carbocycles. The number of hydrogen-bond acceptors (Lipinski definition) is 5. The first-order valence-electron chi connectivity index (χ1n) is 11.7. The lowest BCUT2D eigenvalue weighted by molar-refractivity contribution is 0.210. The molecule has 0 fully saturated rings. The van der Waals surface area contributed by atoms with Gasteiger partial charge in [0.15, 0.2) is 0 Å². The second kappa shape index (κ2) is 10.6. The molecular formula is C26H33N5O3. The summed E-state index contributed by atoms with van der Waals surface area (Å²) in [5, 5.41) is 8.00. The third kappa shape index (κ3) is 4.87. The Bertz CT molecular complexity index is 1140. The van der Waals surface area contributed by atoms with Crippen LogP contribution < -0.4 is 14.8 Å².